The molecular formula is C23H16BrN5O5S. The summed E-state index contributed by atoms with van der Waals surface area (Å²) < 4.78 is 11.6. The molecule has 3 aromatic carbocycles. The topological polar surface area (TPSA) is 133 Å². The SMILES string of the molecule is COc1ccc(N/N=C(/Sc2nnc(-c3ccc([N+](=O)[O-])cc3)o2)C(=O)c2cccc(Br)c2)cc1. The zero-order valence-electron chi connectivity index (χ0n) is 18.0. The summed E-state index contributed by atoms with van der Waals surface area (Å²) in [4.78, 5) is 23.6. The number of hydrogen-bond acceptors (Lipinski definition) is 10. The molecule has 1 N–H and O–H groups in total. The summed E-state index contributed by atoms with van der Waals surface area (Å²) in [6.45, 7) is 0. The molecule has 0 aliphatic rings. The van der Waals surface area contributed by atoms with E-state index in [0.717, 1.165) is 16.2 Å². The van der Waals surface area contributed by atoms with Crippen LogP contribution in [0.25, 0.3) is 11.5 Å². The third-order valence-corrected chi connectivity index (χ3v) is 5.88. The highest BCUT2D eigenvalue weighted by Crippen LogP contribution is 2.27. The Labute approximate surface area is 211 Å². The van der Waals surface area contributed by atoms with E-state index in [1.165, 1.54) is 24.3 Å². The number of nitrogens with zero attached hydrogens (tertiary/aromatic N) is 4. The van der Waals surface area contributed by atoms with Crippen molar-refractivity contribution in [3.8, 4) is 17.2 Å². The number of thioether (sulfide) groups is 1. The normalized spacial score (nSPS) is 11.2. The zero-order chi connectivity index (χ0) is 24.8. The van der Waals surface area contributed by atoms with Crippen molar-refractivity contribution in [2.45, 2.75) is 5.22 Å². The molecule has 4 aromatic rings. The van der Waals surface area contributed by atoms with Crippen LogP contribution in [-0.4, -0.2) is 33.1 Å². The van der Waals surface area contributed by atoms with E-state index in [1.54, 1.807) is 49.6 Å². The van der Waals surface area contributed by atoms with Gasteiger partial charge in [0.05, 0.1) is 17.7 Å². The molecule has 0 saturated carbocycles. The number of nitro benzene ring substituents is 1. The first-order chi connectivity index (χ1) is 16.9. The fraction of sp³-hybridized carbons (Fsp3) is 0.0435. The van der Waals surface area contributed by atoms with Gasteiger partial charge >= 0.3 is 0 Å². The Morgan fingerprint density at radius 3 is 2.51 bits per heavy atom. The highest BCUT2D eigenvalue weighted by molar-refractivity contribution is 9.10. The number of halogens is 1. The van der Waals surface area contributed by atoms with Crippen LogP contribution in [0.5, 0.6) is 5.75 Å². The maximum atomic E-state index is 13.2. The molecule has 12 heteroatoms. The standard InChI is InChI=1S/C23H16BrN5O5S/c1-33-19-11-7-17(8-12-19)25-27-22(20(30)15-3-2-4-16(24)13-15)35-23-28-26-21(34-23)14-5-9-18(10-6-14)29(31)32/h2-13,25H,1H3/b27-22+. The van der Waals surface area contributed by atoms with Gasteiger partial charge in [-0.1, -0.05) is 28.1 Å². The lowest BCUT2D eigenvalue weighted by Crippen LogP contribution is -2.13. The summed E-state index contributed by atoms with van der Waals surface area (Å²) in [5, 5.41) is 23.3. The Bertz CT molecular complexity index is 1390. The minimum absolute atomic E-state index is 0.0542. The Morgan fingerprint density at radius 2 is 1.86 bits per heavy atom. The summed E-state index contributed by atoms with van der Waals surface area (Å²) in [5.74, 6) is 0.483. The van der Waals surface area contributed by atoms with Crippen LogP contribution < -0.4 is 10.2 Å². The van der Waals surface area contributed by atoms with E-state index in [2.05, 4.69) is 36.7 Å². The summed E-state index contributed by atoms with van der Waals surface area (Å²) in [5.41, 5.74) is 4.37. The number of Topliss-reactive ketones (excluding diaryl/α,β-unsaturated/α-hetero) is 1. The van der Waals surface area contributed by atoms with Crippen LogP contribution in [0.3, 0.4) is 0 Å². The summed E-state index contributed by atoms with van der Waals surface area (Å²) in [7, 11) is 1.57. The number of hydrazone groups is 1. The third-order valence-electron chi connectivity index (χ3n) is 4.57. The van der Waals surface area contributed by atoms with Crippen LogP contribution >= 0.6 is 27.7 Å². The number of carbonyl (C=O) groups excluding carboxylic acids is 1. The zero-order valence-corrected chi connectivity index (χ0v) is 20.4. The fourth-order valence-electron chi connectivity index (χ4n) is 2.83. The maximum absolute atomic E-state index is 13.2. The summed E-state index contributed by atoms with van der Waals surface area (Å²) in [6, 6.07) is 19.6. The largest absolute Gasteiger partial charge is 0.497 e. The Kier molecular flexibility index (Phi) is 7.53. The number of aromatic nitrogens is 2. The van der Waals surface area contributed by atoms with Gasteiger partial charge in [0.1, 0.15) is 5.75 Å². The number of nitrogens with one attached hydrogen (secondary N) is 1. The van der Waals surface area contributed by atoms with Crippen LogP contribution in [0.4, 0.5) is 11.4 Å². The lowest BCUT2D eigenvalue weighted by atomic mass is 10.1. The second-order valence-corrected chi connectivity index (χ2v) is 8.73. The Balaban J connectivity index is 1.59. The van der Waals surface area contributed by atoms with Gasteiger partial charge in [-0.3, -0.25) is 20.3 Å². The first-order valence-electron chi connectivity index (χ1n) is 9.97. The molecule has 0 spiro atoms. The van der Waals surface area contributed by atoms with E-state index in [1.807, 2.05) is 6.07 Å². The number of hydrogen-bond donors (Lipinski definition) is 1. The lowest BCUT2D eigenvalue weighted by molar-refractivity contribution is -0.384. The van der Waals surface area contributed by atoms with Gasteiger partial charge in [0.2, 0.25) is 11.7 Å². The average molecular weight is 554 g/mol. The number of benzene rings is 3. The number of ether oxygens (including phenoxy) is 1. The van der Waals surface area contributed by atoms with Crippen LogP contribution in [0.1, 0.15) is 10.4 Å². The van der Waals surface area contributed by atoms with Crippen LogP contribution in [0.15, 0.2) is 92.0 Å². The number of methoxy groups -OCH3 is 1. The third kappa shape index (κ3) is 6.11. The van der Waals surface area contributed by atoms with E-state index < -0.39 is 4.92 Å². The second kappa shape index (κ2) is 10.9. The van der Waals surface area contributed by atoms with Gasteiger partial charge in [-0.2, -0.15) is 5.10 Å². The fourth-order valence-corrected chi connectivity index (χ4v) is 3.90. The number of carbonyl (C=O) groups is 1. The molecule has 0 unspecified atom stereocenters. The van der Waals surface area contributed by atoms with Crippen molar-refractivity contribution in [1.82, 2.24) is 10.2 Å². The van der Waals surface area contributed by atoms with Crippen LogP contribution in [-0.2, 0) is 0 Å². The second-order valence-electron chi connectivity index (χ2n) is 6.88. The number of rotatable bonds is 8. The van der Waals surface area contributed by atoms with Gasteiger partial charge in [0.25, 0.3) is 10.9 Å². The van der Waals surface area contributed by atoms with E-state index >= 15 is 0 Å². The first kappa shape index (κ1) is 24.1. The van der Waals surface area contributed by atoms with Crippen molar-refractivity contribution in [3.63, 3.8) is 0 Å². The lowest BCUT2D eigenvalue weighted by Gasteiger charge is -2.06. The van der Waals surface area contributed by atoms with Crippen molar-refractivity contribution in [2.24, 2.45) is 5.10 Å². The summed E-state index contributed by atoms with van der Waals surface area (Å²) in [6.07, 6.45) is 0. The average Bonchev–Trinajstić information content (AvgIpc) is 3.35. The van der Waals surface area contributed by atoms with Crippen molar-refractivity contribution < 1.29 is 18.9 Å². The van der Waals surface area contributed by atoms with Gasteiger partial charge in [0, 0.05) is 27.7 Å². The minimum atomic E-state index is -0.495. The van der Waals surface area contributed by atoms with Gasteiger partial charge in [-0.15, -0.1) is 10.2 Å². The van der Waals surface area contributed by atoms with Crippen LogP contribution in [0.2, 0.25) is 0 Å². The molecule has 35 heavy (non-hydrogen) atoms. The molecule has 1 heterocycles. The van der Waals surface area contributed by atoms with Crippen molar-refractivity contribution >= 4 is 49.9 Å². The molecule has 0 saturated heterocycles. The van der Waals surface area contributed by atoms with Gasteiger partial charge in [-0.05, 0) is 60.3 Å². The molecule has 176 valence electrons. The molecule has 0 amide bonds. The predicted molar refractivity (Wildman–Crippen MR) is 135 cm³/mol. The van der Waals surface area contributed by atoms with E-state index in [4.69, 9.17) is 9.15 Å². The van der Waals surface area contributed by atoms with Crippen LogP contribution in [0, 0.1) is 10.1 Å². The molecule has 0 bridgehead atoms. The van der Waals surface area contributed by atoms with Crippen molar-refractivity contribution in [1.29, 1.82) is 0 Å². The number of anilines is 1. The van der Waals surface area contributed by atoms with Gasteiger partial charge in [-0.25, -0.2) is 0 Å². The quantitative estimate of drug-likeness (QED) is 0.0715. The number of nitro groups is 1. The Hall–Kier alpha value is -4.03. The molecule has 10 nitrogen and oxygen atoms in total. The Morgan fingerprint density at radius 1 is 1.11 bits per heavy atom. The van der Waals surface area contributed by atoms with Crippen molar-refractivity contribution in [2.75, 3.05) is 12.5 Å². The smallest absolute Gasteiger partial charge is 0.283 e. The molecular weight excluding hydrogens is 538 g/mol. The van der Waals surface area contributed by atoms with Crippen molar-refractivity contribution in [3.05, 3.63) is 92.9 Å². The van der Waals surface area contributed by atoms with Gasteiger partial charge in [0.15, 0.2) is 5.04 Å². The minimum Gasteiger partial charge on any atom is -0.497 e. The monoisotopic (exact) mass is 553 g/mol. The number of non-ortho nitro benzene ring substituents is 1. The van der Waals surface area contributed by atoms with Gasteiger partial charge < -0.3 is 9.15 Å². The molecule has 4 rings (SSSR count). The molecule has 0 aliphatic heterocycles. The molecule has 0 atom stereocenters. The molecule has 0 fully saturated rings. The van der Waals surface area contributed by atoms with E-state index in [9.17, 15) is 14.9 Å². The van der Waals surface area contributed by atoms with E-state index in [0.29, 0.717) is 22.6 Å². The summed E-state index contributed by atoms with van der Waals surface area (Å²) >= 11 is 4.27. The predicted octanol–water partition coefficient (Wildman–Crippen LogP) is 5.82. The van der Waals surface area contributed by atoms with E-state index in [-0.39, 0.29) is 27.6 Å². The molecule has 0 aliphatic carbocycles. The highest BCUT2D eigenvalue weighted by atomic mass is 79.9. The maximum Gasteiger partial charge on any atom is 0.283 e. The highest BCUT2D eigenvalue weighted by Gasteiger charge is 2.21. The molecule has 1 aromatic heterocycles. The molecule has 0 radical (unpaired) electrons. The number of ketones is 1. The first-order valence-corrected chi connectivity index (χ1v) is 11.6.